The first kappa shape index (κ1) is 12.7. The van der Waals surface area contributed by atoms with Crippen LogP contribution in [0, 0.1) is 5.41 Å². The Kier molecular flexibility index (Phi) is 3.11. The topological polar surface area (TPSA) is 34.4 Å². The predicted octanol–water partition coefficient (Wildman–Crippen LogP) is 3.34. The largest absolute Gasteiger partial charge is 0.464 e. The van der Waals surface area contributed by atoms with Crippen LogP contribution < -0.4 is 5.32 Å². The summed E-state index contributed by atoms with van der Waals surface area (Å²) in [7, 11) is 1.80. The number of hydrogen-bond acceptors (Lipinski definition) is 3. The van der Waals surface area contributed by atoms with Crippen LogP contribution >= 0.6 is 0 Å². The van der Waals surface area contributed by atoms with Crippen molar-refractivity contribution in [3.8, 4) is 0 Å². The van der Waals surface area contributed by atoms with Gasteiger partial charge in [0.2, 0.25) is 0 Å². The third-order valence-corrected chi connectivity index (χ3v) is 4.56. The Morgan fingerprint density at radius 2 is 2.16 bits per heavy atom. The molecule has 1 N–H and O–H groups in total. The van der Waals surface area contributed by atoms with Gasteiger partial charge >= 0.3 is 0 Å². The van der Waals surface area contributed by atoms with Gasteiger partial charge in [0.15, 0.2) is 0 Å². The monoisotopic (exact) mass is 259 g/mol. The molecule has 3 nitrogen and oxygen atoms in total. The maximum Gasteiger partial charge on any atom is 0.134 e. The third kappa shape index (κ3) is 2.07. The van der Waals surface area contributed by atoms with Gasteiger partial charge in [-0.1, -0.05) is 32.0 Å². The summed E-state index contributed by atoms with van der Waals surface area (Å²) < 4.78 is 11.0. The lowest BCUT2D eigenvalue weighted by molar-refractivity contribution is -0.0978. The quantitative estimate of drug-likeness (QED) is 0.914. The molecule has 102 valence electrons. The number of para-hydroxylation sites is 1. The summed E-state index contributed by atoms with van der Waals surface area (Å²) in [4.78, 5) is 0. The molecule has 3 heteroatoms. The van der Waals surface area contributed by atoms with Crippen molar-refractivity contribution in [1.29, 1.82) is 0 Å². The molecule has 2 aromatic rings. The molecule has 1 aromatic carbocycles. The smallest absolute Gasteiger partial charge is 0.134 e. The van der Waals surface area contributed by atoms with Crippen molar-refractivity contribution in [1.82, 2.24) is 5.32 Å². The standard InChI is InChI=1S/C16H21NO2/c1-16(2)14(8-15(16)18-3)17-9-11-10-19-13-7-5-4-6-12(11)13/h4-7,10,14-15,17H,8-9H2,1-3H3. The Morgan fingerprint density at radius 3 is 2.89 bits per heavy atom. The highest BCUT2D eigenvalue weighted by atomic mass is 16.5. The van der Waals surface area contributed by atoms with E-state index in [4.69, 9.17) is 9.15 Å². The molecule has 0 bridgehead atoms. The number of nitrogens with one attached hydrogen (secondary N) is 1. The molecular formula is C16H21NO2. The van der Waals surface area contributed by atoms with Gasteiger partial charge in [0, 0.05) is 36.1 Å². The zero-order valence-electron chi connectivity index (χ0n) is 11.8. The summed E-state index contributed by atoms with van der Waals surface area (Å²) in [6.07, 6.45) is 3.31. The molecular weight excluding hydrogens is 238 g/mol. The van der Waals surface area contributed by atoms with Gasteiger partial charge in [0.1, 0.15) is 5.58 Å². The minimum Gasteiger partial charge on any atom is -0.464 e. The molecule has 0 spiro atoms. The molecule has 3 rings (SSSR count). The normalized spacial score (nSPS) is 25.4. The number of rotatable bonds is 4. The Labute approximate surface area is 113 Å². The summed E-state index contributed by atoms with van der Waals surface area (Å²) in [5, 5.41) is 4.83. The first-order valence-electron chi connectivity index (χ1n) is 6.84. The zero-order valence-corrected chi connectivity index (χ0v) is 11.8. The Balaban J connectivity index is 1.68. The van der Waals surface area contributed by atoms with Crippen LogP contribution in [0.1, 0.15) is 25.8 Å². The minimum absolute atomic E-state index is 0.203. The lowest BCUT2D eigenvalue weighted by Gasteiger charge is -2.51. The molecule has 19 heavy (non-hydrogen) atoms. The number of ether oxygens (including phenoxy) is 1. The van der Waals surface area contributed by atoms with Gasteiger partial charge < -0.3 is 14.5 Å². The van der Waals surface area contributed by atoms with Crippen LogP contribution in [0.2, 0.25) is 0 Å². The molecule has 1 heterocycles. The van der Waals surface area contributed by atoms with Gasteiger partial charge in [-0.05, 0) is 12.5 Å². The van der Waals surface area contributed by atoms with E-state index in [0.717, 1.165) is 18.5 Å². The maximum atomic E-state index is 5.56. The summed E-state index contributed by atoms with van der Waals surface area (Å²) in [6.45, 7) is 5.37. The van der Waals surface area contributed by atoms with E-state index >= 15 is 0 Å². The number of benzene rings is 1. The molecule has 0 saturated heterocycles. The highest BCUT2D eigenvalue weighted by Gasteiger charge is 2.48. The van der Waals surface area contributed by atoms with E-state index in [-0.39, 0.29) is 5.41 Å². The Morgan fingerprint density at radius 1 is 1.37 bits per heavy atom. The maximum absolute atomic E-state index is 5.56. The molecule has 0 aliphatic heterocycles. The van der Waals surface area contributed by atoms with E-state index in [9.17, 15) is 0 Å². The fraction of sp³-hybridized carbons (Fsp3) is 0.500. The van der Waals surface area contributed by atoms with Crippen molar-refractivity contribution >= 4 is 11.0 Å². The molecule has 1 fully saturated rings. The second-order valence-electron chi connectivity index (χ2n) is 5.97. The van der Waals surface area contributed by atoms with Crippen molar-refractivity contribution in [3.63, 3.8) is 0 Å². The van der Waals surface area contributed by atoms with Crippen molar-refractivity contribution in [3.05, 3.63) is 36.1 Å². The van der Waals surface area contributed by atoms with Crippen LogP contribution in [0.4, 0.5) is 0 Å². The number of fused-ring (bicyclic) bond motifs is 1. The van der Waals surface area contributed by atoms with E-state index in [1.54, 1.807) is 7.11 Å². The minimum atomic E-state index is 0.203. The van der Waals surface area contributed by atoms with E-state index in [0.29, 0.717) is 12.1 Å². The average Bonchev–Trinajstić information content (AvgIpc) is 2.81. The van der Waals surface area contributed by atoms with E-state index in [2.05, 4.69) is 31.3 Å². The molecule has 1 saturated carbocycles. The zero-order chi connectivity index (χ0) is 13.5. The predicted molar refractivity (Wildman–Crippen MR) is 76.0 cm³/mol. The van der Waals surface area contributed by atoms with E-state index in [1.807, 2.05) is 18.4 Å². The summed E-state index contributed by atoms with van der Waals surface area (Å²) in [6, 6.07) is 8.68. The molecule has 0 amide bonds. The van der Waals surface area contributed by atoms with Crippen LogP contribution in [-0.2, 0) is 11.3 Å². The third-order valence-electron chi connectivity index (χ3n) is 4.56. The highest BCUT2D eigenvalue weighted by molar-refractivity contribution is 5.80. The van der Waals surface area contributed by atoms with Crippen molar-refractivity contribution in [2.75, 3.05) is 7.11 Å². The molecule has 2 atom stereocenters. The van der Waals surface area contributed by atoms with Crippen LogP contribution in [0.25, 0.3) is 11.0 Å². The highest BCUT2D eigenvalue weighted by Crippen LogP contribution is 2.42. The van der Waals surface area contributed by atoms with Gasteiger partial charge in [0.05, 0.1) is 12.4 Å². The SMILES string of the molecule is COC1CC(NCc2coc3ccccc23)C1(C)C. The van der Waals surface area contributed by atoms with Gasteiger partial charge in [-0.15, -0.1) is 0 Å². The second kappa shape index (κ2) is 4.66. The molecule has 1 aliphatic rings. The molecule has 2 unspecified atom stereocenters. The first-order chi connectivity index (χ1) is 9.13. The fourth-order valence-electron chi connectivity index (χ4n) is 3.03. The fourth-order valence-corrected chi connectivity index (χ4v) is 3.03. The Bertz CT molecular complexity index is 573. The summed E-state index contributed by atoms with van der Waals surface area (Å²) in [5.74, 6) is 0. The summed E-state index contributed by atoms with van der Waals surface area (Å²) in [5.41, 5.74) is 2.39. The van der Waals surface area contributed by atoms with Crippen LogP contribution in [0.3, 0.4) is 0 Å². The van der Waals surface area contributed by atoms with Crippen molar-refractivity contribution in [2.24, 2.45) is 5.41 Å². The average molecular weight is 259 g/mol. The molecule has 1 aliphatic carbocycles. The van der Waals surface area contributed by atoms with Crippen LogP contribution in [0.5, 0.6) is 0 Å². The van der Waals surface area contributed by atoms with Crippen molar-refractivity contribution < 1.29 is 9.15 Å². The number of hydrogen-bond donors (Lipinski definition) is 1. The van der Waals surface area contributed by atoms with Crippen LogP contribution in [0.15, 0.2) is 34.9 Å². The molecule has 0 radical (unpaired) electrons. The van der Waals surface area contributed by atoms with E-state index < -0.39 is 0 Å². The summed E-state index contributed by atoms with van der Waals surface area (Å²) >= 11 is 0. The molecule has 1 aromatic heterocycles. The lowest BCUT2D eigenvalue weighted by Crippen LogP contribution is -2.60. The van der Waals surface area contributed by atoms with Gasteiger partial charge in [-0.25, -0.2) is 0 Å². The number of furan rings is 1. The lowest BCUT2D eigenvalue weighted by atomic mass is 9.64. The van der Waals surface area contributed by atoms with Crippen LogP contribution in [-0.4, -0.2) is 19.3 Å². The first-order valence-corrected chi connectivity index (χ1v) is 6.84. The van der Waals surface area contributed by atoms with Crippen molar-refractivity contribution in [2.45, 2.75) is 39.0 Å². The number of methoxy groups -OCH3 is 1. The Hall–Kier alpha value is -1.32. The van der Waals surface area contributed by atoms with Gasteiger partial charge in [-0.2, -0.15) is 0 Å². The van der Waals surface area contributed by atoms with E-state index in [1.165, 1.54) is 10.9 Å². The second-order valence-corrected chi connectivity index (χ2v) is 5.97. The van der Waals surface area contributed by atoms with Gasteiger partial charge in [-0.3, -0.25) is 0 Å². The van der Waals surface area contributed by atoms with Gasteiger partial charge in [0.25, 0.3) is 0 Å².